The molecule has 1 heterocycles. The van der Waals surface area contributed by atoms with Gasteiger partial charge >= 0.3 is 0 Å². The molecule has 1 rings (SSSR count). The summed E-state index contributed by atoms with van der Waals surface area (Å²) in [5.74, 6) is 0.852. The number of unbranched alkanes of at least 4 members (excludes halogenated alkanes) is 3. The molecule has 6 heteroatoms. The number of aliphatic imine (C=N–C) groups is 1. The predicted molar refractivity (Wildman–Crippen MR) is 95.9 cm³/mol. The van der Waals surface area contributed by atoms with Gasteiger partial charge in [-0.25, -0.2) is 0 Å². The van der Waals surface area contributed by atoms with E-state index in [0.29, 0.717) is 6.61 Å². The second kappa shape index (κ2) is 11.0. The second-order valence-electron chi connectivity index (χ2n) is 5.78. The van der Waals surface area contributed by atoms with Gasteiger partial charge in [0.1, 0.15) is 0 Å². The standard InChI is InChI=1S/C17H33N5O/c1-6-7-8-9-10-19-17(18-4)20-13-16-14(2)21-22(15(16)3)11-12-23-5/h6-13H2,1-5H3,(H2,18,19,20). The van der Waals surface area contributed by atoms with E-state index in [1.54, 1.807) is 7.11 Å². The number of methoxy groups -OCH3 is 1. The summed E-state index contributed by atoms with van der Waals surface area (Å²) in [4.78, 5) is 4.28. The van der Waals surface area contributed by atoms with Crippen molar-refractivity contribution in [3.05, 3.63) is 17.0 Å². The van der Waals surface area contributed by atoms with Crippen LogP contribution in [0.2, 0.25) is 0 Å². The Hall–Kier alpha value is -1.56. The Balaban J connectivity index is 2.47. The van der Waals surface area contributed by atoms with Crippen molar-refractivity contribution in [1.29, 1.82) is 0 Å². The monoisotopic (exact) mass is 323 g/mol. The number of nitrogens with one attached hydrogen (secondary N) is 2. The fourth-order valence-corrected chi connectivity index (χ4v) is 2.54. The number of aryl methyl sites for hydroxylation is 1. The third kappa shape index (κ3) is 6.60. The number of nitrogens with zero attached hydrogens (tertiary/aromatic N) is 3. The van der Waals surface area contributed by atoms with Gasteiger partial charge < -0.3 is 15.4 Å². The number of hydrogen-bond donors (Lipinski definition) is 2. The zero-order valence-corrected chi connectivity index (χ0v) is 15.4. The molecule has 0 saturated heterocycles. The van der Waals surface area contributed by atoms with Gasteiger partial charge in [0.15, 0.2) is 5.96 Å². The van der Waals surface area contributed by atoms with Crippen LogP contribution < -0.4 is 10.6 Å². The molecule has 1 aromatic rings. The summed E-state index contributed by atoms with van der Waals surface area (Å²) in [6, 6.07) is 0. The fraction of sp³-hybridized carbons (Fsp3) is 0.765. The molecule has 0 radical (unpaired) electrons. The predicted octanol–water partition coefficient (Wildman–Crippen LogP) is 2.39. The minimum Gasteiger partial charge on any atom is -0.383 e. The van der Waals surface area contributed by atoms with E-state index in [4.69, 9.17) is 4.74 Å². The first kappa shape index (κ1) is 19.5. The molecule has 0 aliphatic heterocycles. The SMILES string of the molecule is CCCCCCNC(=NC)NCc1c(C)nn(CCOC)c1C. The van der Waals surface area contributed by atoms with E-state index in [1.165, 1.54) is 36.9 Å². The number of hydrogen-bond acceptors (Lipinski definition) is 3. The first-order valence-electron chi connectivity index (χ1n) is 8.60. The lowest BCUT2D eigenvalue weighted by molar-refractivity contribution is 0.182. The van der Waals surface area contributed by atoms with Crippen LogP contribution in [0.1, 0.15) is 49.6 Å². The van der Waals surface area contributed by atoms with Gasteiger partial charge in [-0.1, -0.05) is 26.2 Å². The summed E-state index contributed by atoms with van der Waals surface area (Å²) >= 11 is 0. The molecule has 0 fully saturated rings. The third-order valence-electron chi connectivity index (χ3n) is 4.02. The highest BCUT2D eigenvalue weighted by atomic mass is 16.5. The average Bonchev–Trinajstić information content (AvgIpc) is 2.82. The summed E-state index contributed by atoms with van der Waals surface area (Å²) in [7, 11) is 3.52. The maximum atomic E-state index is 5.13. The van der Waals surface area contributed by atoms with Crippen molar-refractivity contribution >= 4 is 5.96 Å². The molecule has 0 atom stereocenters. The van der Waals surface area contributed by atoms with Crippen LogP contribution in [0.15, 0.2) is 4.99 Å². The van der Waals surface area contributed by atoms with Crippen LogP contribution in [-0.2, 0) is 17.8 Å². The number of ether oxygens (including phenoxy) is 1. The van der Waals surface area contributed by atoms with Crippen molar-refractivity contribution in [2.45, 2.75) is 59.5 Å². The Morgan fingerprint density at radius 1 is 1.22 bits per heavy atom. The lowest BCUT2D eigenvalue weighted by Gasteiger charge is -2.12. The Bertz CT molecular complexity index is 482. The maximum Gasteiger partial charge on any atom is 0.191 e. The molecular formula is C17H33N5O. The molecular weight excluding hydrogens is 290 g/mol. The molecule has 0 saturated carbocycles. The third-order valence-corrected chi connectivity index (χ3v) is 4.02. The number of aromatic nitrogens is 2. The van der Waals surface area contributed by atoms with Gasteiger partial charge in [0.05, 0.1) is 18.8 Å². The first-order valence-corrected chi connectivity index (χ1v) is 8.60. The Labute approximate surface area is 140 Å². The fourth-order valence-electron chi connectivity index (χ4n) is 2.54. The molecule has 2 N–H and O–H groups in total. The van der Waals surface area contributed by atoms with Gasteiger partial charge in [-0.05, 0) is 20.3 Å². The van der Waals surface area contributed by atoms with Gasteiger partial charge in [0.25, 0.3) is 0 Å². The number of guanidine groups is 1. The van der Waals surface area contributed by atoms with Crippen molar-refractivity contribution in [3.63, 3.8) is 0 Å². The summed E-state index contributed by atoms with van der Waals surface area (Å²) in [5.41, 5.74) is 3.48. The largest absolute Gasteiger partial charge is 0.383 e. The van der Waals surface area contributed by atoms with E-state index >= 15 is 0 Å². The van der Waals surface area contributed by atoms with E-state index in [9.17, 15) is 0 Å². The molecule has 6 nitrogen and oxygen atoms in total. The lowest BCUT2D eigenvalue weighted by atomic mass is 10.2. The topological polar surface area (TPSA) is 63.5 Å². The van der Waals surface area contributed by atoms with Crippen LogP contribution >= 0.6 is 0 Å². The summed E-state index contributed by atoms with van der Waals surface area (Å²) in [5, 5.41) is 11.3. The summed E-state index contributed by atoms with van der Waals surface area (Å²) < 4.78 is 7.14. The molecule has 0 aliphatic carbocycles. The van der Waals surface area contributed by atoms with Gasteiger partial charge in [0, 0.05) is 38.5 Å². The highest BCUT2D eigenvalue weighted by Crippen LogP contribution is 2.12. The van der Waals surface area contributed by atoms with E-state index in [2.05, 4.69) is 34.6 Å². The normalized spacial score (nSPS) is 11.8. The minimum absolute atomic E-state index is 0.676. The quantitative estimate of drug-likeness (QED) is 0.394. The smallest absolute Gasteiger partial charge is 0.191 e. The van der Waals surface area contributed by atoms with Gasteiger partial charge in [-0.15, -0.1) is 0 Å². The molecule has 0 unspecified atom stereocenters. The highest BCUT2D eigenvalue weighted by molar-refractivity contribution is 5.79. The second-order valence-corrected chi connectivity index (χ2v) is 5.78. The minimum atomic E-state index is 0.676. The molecule has 0 spiro atoms. The van der Waals surface area contributed by atoms with E-state index < -0.39 is 0 Å². The van der Waals surface area contributed by atoms with Crippen molar-refractivity contribution < 1.29 is 4.74 Å². The van der Waals surface area contributed by atoms with Gasteiger partial charge in [-0.3, -0.25) is 9.67 Å². The Morgan fingerprint density at radius 3 is 2.65 bits per heavy atom. The van der Waals surface area contributed by atoms with E-state index in [0.717, 1.165) is 31.3 Å². The molecule has 1 aromatic heterocycles. The molecule has 0 bridgehead atoms. The lowest BCUT2D eigenvalue weighted by Crippen LogP contribution is -2.37. The van der Waals surface area contributed by atoms with Crippen molar-refractivity contribution in [1.82, 2.24) is 20.4 Å². The van der Waals surface area contributed by atoms with Crippen LogP contribution in [0.4, 0.5) is 0 Å². The van der Waals surface area contributed by atoms with Crippen molar-refractivity contribution in [2.75, 3.05) is 27.3 Å². The first-order chi connectivity index (χ1) is 11.1. The van der Waals surface area contributed by atoms with Crippen LogP contribution in [-0.4, -0.2) is 43.0 Å². The average molecular weight is 323 g/mol. The summed E-state index contributed by atoms with van der Waals surface area (Å²) in [6.07, 6.45) is 5.01. The van der Waals surface area contributed by atoms with Crippen molar-refractivity contribution in [2.24, 2.45) is 4.99 Å². The summed E-state index contributed by atoms with van der Waals surface area (Å²) in [6.45, 7) is 9.54. The van der Waals surface area contributed by atoms with Crippen LogP contribution in [0.5, 0.6) is 0 Å². The van der Waals surface area contributed by atoms with Crippen LogP contribution in [0.25, 0.3) is 0 Å². The molecule has 132 valence electrons. The van der Waals surface area contributed by atoms with Crippen LogP contribution in [0.3, 0.4) is 0 Å². The number of rotatable bonds is 10. The zero-order valence-electron chi connectivity index (χ0n) is 15.4. The molecule has 23 heavy (non-hydrogen) atoms. The zero-order chi connectivity index (χ0) is 17.1. The Kier molecular flexibility index (Phi) is 9.36. The van der Waals surface area contributed by atoms with Gasteiger partial charge in [-0.2, -0.15) is 5.10 Å². The maximum absolute atomic E-state index is 5.13. The van der Waals surface area contributed by atoms with E-state index in [1.807, 2.05) is 18.7 Å². The highest BCUT2D eigenvalue weighted by Gasteiger charge is 2.11. The van der Waals surface area contributed by atoms with Crippen LogP contribution in [0, 0.1) is 13.8 Å². The van der Waals surface area contributed by atoms with E-state index in [-0.39, 0.29) is 0 Å². The molecule has 0 aromatic carbocycles. The van der Waals surface area contributed by atoms with Gasteiger partial charge in [0.2, 0.25) is 0 Å². The molecule has 0 amide bonds. The Morgan fingerprint density at radius 2 is 2.00 bits per heavy atom. The molecule has 0 aliphatic rings. The van der Waals surface area contributed by atoms with Crippen molar-refractivity contribution in [3.8, 4) is 0 Å².